The molecule has 31 nitrogen and oxygen atoms in total. The average Bonchev–Trinajstić information content (AvgIpc) is 3.38. The minimum absolute atomic E-state index is 0.0108. The van der Waals surface area contributed by atoms with Crippen LogP contribution in [0.25, 0.3) is 0 Å². The summed E-state index contributed by atoms with van der Waals surface area (Å²) in [5.74, 6) is -10.8. The van der Waals surface area contributed by atoms with Crippen LogP contribution in [-0.4, -0.2) is 186 Å². The quantitative estimate of drug-likeness (QED) is 0.0154. The first-order chi connectivity index (χ1) is 38.4. The number of unbranched alkanes of at least 4 members (excludes halogenated alkanes) is 2. The normalized spacial score (nSPS) is 15.3. The monoisotopic (exact) mass is 1170 g/mol. The van der Waals surface area contributed by atoms with Crippen LogP contribution in [0.5, 0.6) is 0 Å². The van der Waals surface area contributed by atoms with Crippen molar-refractivity contribution >= 4 is 71.1 Å². The second-order valence-corrected chi connectivity index (χ2v) is 21.4. The number of nitrogens with two attached hydrogens (primary N) is 7. The Morgan fingerprint density at radius 1 is 0.427 bits per heavy atom. The summed E-state index contributed by atoms with van der Waals surface area (Å²) >= 11 is 0. The summed E-state index contributed by atoms with van der Waals surface area (Å²) in [4.78, 5) is 143. The molecule has 0 radical (unpaired) electrons. The van der Waals surface area contributed by atoms with Crippen LogP contribution in [0.1, 0.15) is 132 Å². The van der Waals surface area contributed by atoms with Crippen molar-refractivity contribution in [1.29, 1.82) is 0 Å². The van der Waals surface area contributed by atoms with Crippen molar-refractivity contribution < 1.29 is 63.3 Å². The average molecular weight is 1170 g/mol. The summed E-state index contributed by atoms with van der Waals surface area (Å²) in [6, 6.07) is -13.7. The van der Waals surface area contributed by atoms with Crippen molar-refractivity contribution in [2.45, 2.75) is 199 Å². The first-order valence-corrected chi connectivity index (χ1v) is 27.9. The van der Waals surface area contributed by atoms with Gasteiger partial charge in [-0.15, -0.1) is 0 Å². The van der Waals surface area contributed by atoms with Crippen LogP contribution in [0.2, 0.25) is 0 Å². The number of aliphatic carboxylic acids is 1. The molecule has 470 valence electrons. The van der Waals surface area contributed by atoms with Crippen molar-refractivity contribution in [2.75, 3.05) is 32.8 Å². The summed E-state index contributed by atoms with van der Waals surface area (Å²) in [6.07, 6.45) is 0.947. The van der Waals surface area contributed by atoms with Gasteiger partial charge in [0.25, 0.3) is 0 Å². The van der Waals surface area contributed by atoms with E-state index < -0.39 is 138 Å². The first-order valence-electron chi connectivity index (χ1n) is 27.9. The number of guanidine groups is 2. The van der Waals surface area contributed by atoms with Crippen molar-refractivity contribution in [3.05, 3.63) is 0 Å². The molecule has 0 spiro atoms. The first kappa shape index (κ1) is 75.0. The number of hydrogen-bond donors (Lipinski definition) is 19. The molecule has 0 unspecified atom stereocenters. The van der Waals surface area contributed by atoms with Crippen molar-refractivity contribution in [2.24, 2.45) is 67.9 Å². The van der Waals surface area contributed by atoms with Gasteiger partial charge in [-0.1, -0.05) is 48.0 Å². The summed E-state index contributed by atoms with van der Waals surface area (Å²) in [5, 5.41) is 53.0. The van der Waals surface area contributed by atoms with Gasteiger partial charge in [0, 0.05) is 13.1 Å². The highest BCUT2D eigenvalue weighted by atomic mass is 16.4. The van der Waals surface area contributed by atoms with Gasteiger partial charge >= 0.3 is 5.97 Å². The number of aliphatic hydroxyl groups excluding tert-OH is 2. The Bertz CT molecular complexity index is 2110. The minimum atomic E-state index is -1.80. The third-order valence-electron chi connectivity index (χ3n) is 12.6. The number of hydrogen-bond acceptors (Lipinski definition) is 17. The van der Waals surface area contributed by atoms with Gasteiger partial charge in [-0.05, 0) is 115 Å². The molecule has 0 bridgehead atoms. The lowest BCUT2D eigenvalue weighted by Crippen LogP contribution is -2.62. The molecule has 0 saturated carbocycles. The molecule has 26 N–H and O–H groups in total. The van der Waals surface area contributed by atoms with E-state index in [0.29, 0.717) is 45.2 Å². The summed E-state index contributed by atoms with van der Waals surface area (Å²) in [6.45, 7) is 12.3. The number of aliphatic hydroxyl groups is 2. The maximum absolute atomic E-state index is 14.4. The molecule has 0 aliphatic rings. The molecular formula is C51H98N18O13. The van der Waals surface area contributed by atoms with Gasteiger partial charge < -0.3 is 103 Å². The van der Waals surface area contributed by atoms with Gasteiger partial charge in [0.1, 0.15) is 54.4 Å². The molecule has 9 amide bonds. The lowest BCUT2D eigenvalue weighted by atomic mass is 10.0. The number of nitrogens with one attached hydrogen (secondary N) is 9. The SMILES string of the molecule is CC(C)C[C@H](NC(=O)[C@H](CCCCN)NC(=O)[C@@H](N)CCCCN)C(=O)N[C@@H](CCCN=C(N)N)C(=O)N[C@@H](CCCN=C(N)N)C(=O)N[C@H](C(=O)N[C@@H](CC(C)C)C(=O)N[C@@H](CO)C(=O)N[C@H](C(=O)N[C@@H](C)C(=O)O)C(C)C)[C@@H](C)O. The maximum atomic E-state index is 14.4. The minimum Gasteiger partial charge on any atom is -0.480 e. The predicted molar refractivity (Wildman–Crippen MR) is 307 cm³/mol. The van der Waals surface area contributed by atoms with E-state index in [-0.39, 0.29) is 81.8 Å². The molecule has 82 heavy (non-hydrogen) atoms. The largest absolute Gasteiger partial charge is 0.480 e. The van der Waals surface area contributed by atoms with Crippen LogP contribution >= 0.6 is 0 Å². The molecule has 0 aromatic rings. The molecule has 0 saturated heterocycles. The van der Waals surface area contributed by atoms with Gasteiger partial charge in [0.05, 0.1) is 18.8 Å². The van der Waals surface area contributed by atoms with Gasteiger partial charge in [0.2, 0.25) is 53.2 Å². The number of carbonyl (C=O) groups is 10. The van der Waals surface area contributed by atoms with E-state index in [2.05, 4.69) is 57.8 Å². The molecular weight excluding hydrogens is 1070 g/mol. The predicted octanol–water partition coefficient (Wildman–Crippen LogP) is -5.73. The third-order valence-corrected chi connectivity index (χ3v) is 12.6. The van der Waals surface area contributed by atoms with E-state index in [9.17, 15) is 63.3 Å². The second kappa shape index (κ2) is 40.3. The molecule has 31 heteroatoms. The summed E-state index contributed by atoms with van der Waals surface area (Å²) < 4.78 is 0. The number of amides is 9. The van der Waals surface area contributed by atoms with Crippen LogP contribution in [0, 0.1) is 17.8 Å². The maximum Gasteiger partial charge on any atom is 0.325 e. The Morgan fingerprint density at radius 2 is 0.768 bits per heavy atom. The number of carboxylic acids is 1. The van der Waals surface area contributed by atoms with Crippen LogP contribution in [0.4, 0.5) is 0 Å². The van der Waals surface area contributed by atoms with E-state index in [1.807, 2.05) is 0 Å². The van der Waals surface area contributed by atoms with E-state index in [1.165, 1.54) is 13.8 Å². The smallest absolute Gasteiger partial charge is 0.325 e. The molecule has 0 aromatic heterocycles. The standard InChI is InChI=1S/C51H98N18O13/c1-26(2)23-35(65-42(74)32(16-10-12-20-53)62-40(72)31(54)15-9-11-19-52)44(76)64-33(17-13-21-59-50(55)56)41(73)63-34(18-14-22-60-51(57)58)43(75)69-39(30(8)71)48(80)66-36(24-27(3)4)45(77)67-37(25-70)46(78)68-38(28(5)6)47(79)61-29(7)49(81)82/h26-39,70-71H,9-25,52-54H2,1-8H3,(H,61,79)(H,62,72)(H,63,73)(H,64,76)(H,65,74)(H,66,80)(H,67,77)(H,68,78)(H,69,75)(H,81,82)(H4,55,56,59)(H4,57,58,60)/t29-,30+,31-,32-,33-,34-,35-,36-,37-,38-,39-/m0/s1. The van der Waals surface area contributed by atoms with Crippen molar-refractivity contribution in [1.82, 2.24) is 47.9 Å². The van der Waals surface area contributed by atoms with E-state index >= 15 is 0 Å². The van der Waals surface area contributed by atoms with Gasteiger partial charge in [-0.2, -0.15) is 0 Å². The van der Waals surface area contributed by atoms with Crippen LogP contribution in [0.15, 0.2) is 9.98 Å². The fourth-order valence-electron chi connectivity index (χ4n) is 7.99. The van der Waals surface area contributed by atoms with E-state index in [0.717, 1.165) is 0 Å². The van der Waals surface area contributed by atoms with Crippen LogP contribution in [-0.2, 0) is 47.9 Å². The van der Waals surface area contributed by atoms with Crippen LogP contribution < -0.4 is 88.0 Å². The highest BCUT2D eigenvalue weighted by Gasteiger charge is 2.37. The molecule has 0 aromatic carbocycles. The Labute approximate surface area is 480 Å². The number of aliphatic imine (C=N–C) groups is 2. The highest BCUT2D eigenvalue weighted by Crippen LogP contribution is 2.13. The lowest BCUT2D eigenvalue weighted by Gasteiger charge is -2.29. The third kappa shape index (κ3) is 30.7. The van der Waals surface area contributed by atoms with E-state index in [4.69, 9.17) is 40.1 Å². The molecule has 0 rings (SSSR count). The Balaban J connectivity index is 6.95. The highest BCUT2D eigenvalue weighted by molar-refractivity contribution is 5.98. The molecule has 0 fully saturated rings. The molecule has 0 heterocycles. The molecule has 11 atom stereocenters. The number of carboxylic acid groups (broad SMARTS) is 1. The Hall–Kier alpha value is -6.96. The molecule has 0 aliphatic carbocycles. The van der Waals surface area contributed by atoms with Gasteiger partial charge in [-0.3, -0.25) is 57.9 Å². The Morgan fingerprint density at radius 3 is 1.16 bits per heavy atom. The fraction of sp³-hybridized carbons (Fsp3) is 0.765. The Kier molecular flexibility index (Phi) is 36.9. The number of rotatable bonds is 42. The molecule has 0 aliphatic heterocycles. The van der Waals surface area contributed by atoms with Crippen molar-refractivity contribution in [3.8, 4) is 0 Å². The summed E-state index contributed by atoms with van der Waals surface area (Å²) in [5.41, 5.74) is 39.5. The van der Waals surface area contributed by atoms with Gasteiger partial charge in [0.15, 0.2) is 11.9 Å². The number of nitrogens with zero attached hydrogens (tertiary/aromatic N) is 2. The number of carbonyl (C=O) groups excluding carboxylic acids is 9. The summed E-state index contributed by atoms with van der Waals surface area (Å²) in [7, 11) is 0. The van der Waals surface area contributed by atoms with Crippen molar-refractivity contribution in [3.63, 3.8) is 0 Å². The van der Waals surface area contributed by atoms with Crippen LogP contribution in [0.3, 0.4) is 0 Å². The van der Waals surface area contributed by atoms with Gasteiger partial charge in [-0.25, -0.2) is 0 Å². The zero-order valence-electron chi connectivity index (χ0n) is 49.0. The van der Waals surface area contributed by atoms with E-state index in [1.54, 1.807) is 41.5 Å². The second-order valence-electron chi connectivity index (χ2n) is 21.4. The lowest BCUT2D eigenvalue weighted by molar-refractivity contribution is -0.142. The zero-order chi connectivity index (χ0) is 62.8. The topological polar surface area (TPSA) is 547 Å². The fourth-order valence-corrected chi connectivity index (χ4v) is 7.99. The zero-order valence-corrected chi connectivity index (χ0v) is 49.0.